The Balaban J connectivity index is 1.73. The van der Waals surface area contributed by atoms with E-state index >= 15 is 0 Å². The summed E-state index contributed by atoms with van der Waals surface area (Å²) in [4.78, 5) is 16.7. The van der Waals surface area contributed by atoms with E-state index in [2.05, 4.69) is 10.3 Å². The third kappa shape index (κ3) is 3.85. The van der Waals surface area contributed by atoms with Crippen molar-refractivity contribution in [1.29, 1.82) is 0 Å². The number of nitro groups is 1. The summed E-state index contributed by atoms with van der Waals surface area (Å²) >= 11 is 0. The van der Waals surface area contributed by atoms with Gasteiger partial charge in [-0.1, -0.05) is 6.07 Å². The average molecular weight is 346 g/mol. The molecule has 1 aliphatic heterocycles. The molecule has 1 aromatic carbocycles. The molecule has 0 radical (unpaired) electrons. The summed E-state index contributed by atoms with van der Waals surface area (Å²) in [5.41, 5.74) is 1.70. The molecule has 7 nitrogen and oxygen atoms in total. The van der Waals surface area contributed by atoms with Crippen LogP contribution in [0.2, 0.25) is 0 Å². The summed E-state index contributed by atoms with van der Waals surface area (Å²) in [5, 5.41) is 14.1. The third-order valence-electron chi connectivity index (χ3n) is 4.13. The summed E-state index contributed by atoms with van der Waals surface area (Å²) in [6.07, 6.45) is 1.51. The number of anilines is 2. The highest BCUT2D eigenvalue weighted by Crippen LogP contribution is 2.26. The second-order valence-corrected chi connectivity index (χ2v) is 5.82. The van der Waals surface area contributed by atoms with Crippen LogP contribution in [0.25, 0.3) is 0 Å². The Morgan fingerprint density at radius 2 is 2.12 bits per heavy atom. The van der Waals surface area contributed by atoms with Gasteiger partial charge in [-0.2, -0.15) is 0 Å². The molecule has 3 rings (SSSR count). The molecule has 0 aliphatic carbocycles. The number of hydrogen-bond donors (Lipinski definition) is 1. The lowest BCUT2D eigenvalue weighted by Crippen LogP contribution is -2.36. The highest BCUT2D eigenvalue weighted by Gasteiger charge is 2.19. The van der Waals surface area contributed by atoms with Crippen LogP contribution in [0.1, 0.15) is 11.1 Å². The number of rotatable bonds is 5. The van der Waals surface area contributed by atoms with E-state index in [9.17, 15) is 14.5 Å². The van der Waals surface area contributed by atoms with E-state index < -0.39 is 4.92 Å². The minimum absolute atomic E-state index is 0.0621. The molecule has 0 atom stereocenters. The van der Waals surface area contributed by atoms with Gasteiger partial charge >= 0.3 is 5.69 Å². The number of pyridine rings is 1. The summed E-state index contributed by atoms with van der Waals surface area (Å²) in [6, 6.07) is 6.57. The smallest absolute Gasteiger partial charge is 0.314 e. The van der Waals surface area contributed by atoms with E-state index in [-0.39, 0.29) is 23.9 Å². The fourth-order valence-corrected chi connectivity index (χ4v) is 2.82. The number of morpholine rings is 1. The molecule has 0 amide bonds. The van der Waals surface area contributed by atoms with E-state index in [4.69, 9.17) is 4.74 Å². The molecule has 132 valence electrons. The van der Waals surface area contributed by atoms with Crippen molar-refractivity contribution in [3.63, 3.8) is 0 Å². The zero-order valence-corrected chi connectivity index (χ0v) is 13.9. The van der Waals surface area contributed by atoms with Crippen LogP contribution in [0.3, 0.4) is 0 Å². The van der Waals surface area contributed by atoms with E-state index in [0.717, 1.165) is 0 Å². The highest BCUT2D eigenvalue weighted by molar-refractivity contribution is 5.60. The normalized spacial score (nSPS) is 14.4. The molecule has 25 heavy (non-hydrogen) atoms. The van der Waals surface area contributed by atoms with Crippen molar-refractivity contribution in [3.8, 4) is 0 Å². The lowest BCUT2D eigenvalue weighted by atomic mass is 10.1. The zero-order chi connectivity index (χ0) is 17.8. The van der Waals surface area contributed by atoms with Crippen molar-refractivity contribution in [1.82, 2.24) is 4.98 Å². The predicted molar refractivity (Wildman–Crippen MR) is 92.4 cm³/mol. The quantitative estimate of drug-likeness (QED) is 0.662. The van der Waals surface area contributed by atoms with E-state index in [0.29, 0.717) is 43.1 Å². The van der Waals surface area contributed by atoms with Gasteiger partial charge in [0.1, 0.15) is 5.82 Å². The maximum absolute atomic E-state index is 14.4. The summed E-state index contributed by atoms with van der Waals surface area (Å²) in [5.74, 6) is -0.129. The molecule has 0 unspecified atom stereocenters. The van der Waals surface area contributed by atoms with Crippen LogP contribution in [0.4, 0.5) is 21.6 Å². The average Bonchev–Trinajstić information content (AvgIpc) is 2.60. The monoisotopic (exact) mass is 346 g/mol. The van der Waals surface area contributed by atoms with Gasteiger partial charge in [0.25, 0.3) is 0 Å². The minimum atomic E-state index is -0.466. The molecule has 0 saturated carbocycles. The summed E-state index contributed by atoms with van der Waals surface area (Å²) in [7, 11) is 0. The lowest BCUT2D eigenvalue weighted by Gasteiger charge is -2.29. The SMILES string of the molecule is Cc1ccnc(NCc2ccc(N3CCOCC3)c(F)c2)c1[N+](=O)[O-]. The van der Waals surface area contributed by atoms with Gasteiger partial charge in [-0.05, 0) is 30.7 Å². The Kier molecular flexibility index (Phi) is 5.08. The molecule has 1 N–H and O–H groups in total. The number of nitrogens with zero attached hydrogens (tertiary/aromatic N) is 3. The fraction of sp³-hybridized carbons (Fsp3) is 0.353. The zero-order valence-electron chi connectivity index (χ0n) is 13.9. The number of aromatic nitrogens is 1. The summed E-state index contributed by atoms with van der Waals surface area (Å²) in [6.45, 7) is 4.40. The van der Waals surface area contributed by atoms with E-state index in [1.54, 1.807) is 19.1 Å². The van der Waals surface area contributed by atoms with Gasteiger partial charge in [0.2, 0.25) is 5.82 Å². The fourth-order valence-electron chi connectivity index (χ4n) is 2.82. The van der Waals surface area contributed by atoms with Crippen LogP contribution in [0, 0.1) is 22.9 Å². The van der Waals surface area contributed by atoms with Crippen molar-refractivity contribution < 1.29 is 14.1 Å². The first kappa shape index (κ1) is 17.1. The van der Waals surface area contributed by atoms with Gasteiger partial charge in [-0.3, -0.25) is 10.1 Å². The maximum atomic E-state index is 14.4. The van der Waals surface area contributed by atoms with Crippen molar-refractivity contribution in [2.45, 2.75) is 13.5 Å². The number of aryl methyl sites for hydroxylation is 1. The molecule has 8 heteroatoms. The molecule has 2 aromatic rings. The largest absolute Gasteiger partial charge is 0.378 e. The molecule has 2 heterocycles. The van der Waals surface area contributed by atoms with Crippen LogP contribution < -0.4 is 10.2 Å². The van der Waals surface area contributed by atoms with E-state index in [1.165, 1.54) is 12.3 Å². The second-order valence-electron chi connectivity index (χ2n) is 5.82. The van der Waals surface area contributed by atoms with Gasteiger partial charge in [-0.15, -0.1) is 0 Å². The standard InChI is InChI=1S/C17H19FN4O3/c1-12-4-5-19-17(16(12)22(23)24)20-11-13-2-3-15(14(18)10-13)21-6-8-25-9-7-21/h2-5,10H,6-9,11H2,1H3,(H,19,20). The third-order valence-corrected chi connectivity index (χ3v) is 4.13. The van der Waals surface area contributed by atoms with Gasteiger partial charge in [0.05, 0.1) is 23.8 Å². The molecule has 1 aliphatic rings. The van der Waals surface area contributed by atoms with Crippen LogP contribution in [0.5, 0.6) is 0 Å². The Morgan fingerprint density at radius 3 is 2.80 bits per heavy atom. The molecule has 0 spiro atoms. The Hall–Kier alpha value is -2.74. The van der Waals surface area contributed by atoms with Gasteiger partial charge < -0.3 is 15.0 Å². The number of benzene rings is 1. The van der Waals surface area contributed by atoms with Crippen LogP contribution in [0.15, 0.2) is 30.5 Å². The molecule has 1 aromatic heterocycles. The molecule has 0 bridgehead atoms. The van der Waals surface area contributed by atoms with Crippen molar-refractivity contribution in [2.24, 2.45) is 0 Å². The number of halogens is 1. The summed E-state index contributed by atoms with van der Waals surface area (Å²) < 4.78 is 19.7. The number of ether oxygens (including phenoxy) is 1. The highest BCUT2D eigenvalue weighted by atomic mass is 19.1. The first-order valence-corrected chi connectivity index (χ1v) is 8.01. The van der Waals surface area contributed by atoms with Crippen LogP contribution in [-0.4, -0.2) is 36.2 Å². The van der Waals surface area contributed by atoms with Crippen molar-refractivity contribution >= 4 is 17.2 Å². The van der Waals surface area contributed by atoms with Crippen LogP contribution >= 0.6 is 0 Å². The van der Waals surface area contributed by atoms with Crippen molar-refractivity contribution in [2.75, 3.05) is 36.5 Å². The van der Waals surface area contributed by atoms with Gasteiger partial charge in [0, 0.05) is 31.4 Å². The number of hydrogen-bond acceptors (Lipinski definition) is 6. The second kappa shape index (κ2) is 7.43. The lowest BCUT2D eigenvalue weighted by molar-refractivity contribution is -0.384. The topological polar surface area (TPSA) is 80.5 Å². The van der Waals surface area contributed by atoms with Gasteiger partial charge in [0.15, 0.2) is 0 Å². The number of nitrogens with one attached hydrogen (secondary N) is 1. The molecule has 1 saturated heterocycles. The Bertz CT molecular complexity index is 778. The maximum Gasteiger partial charge on any atom is 0.314 e. The molecular weight excluding hydrogens is 327 g/mol. The predicted octanol–water partition coefficient (Wildman–Crippen LogP) is 2.89. The Labute approximate surface area is 144 Å². The minimum Gasteiger partial charge on any atom is -0.378 e. The molecular formula is C17H19FN4O3. The van der Waals surface area contributed by atoms with Crippen LogP contribution in [-0.2, 0) is 11.3 Å². The van der Waals surface area contributed by atoms with Gasteiger partial charge in [-0.25, -0.2) is 9.37 Å². The first-order valence-electron chi connectivity index (χ1n) is 8.01. The molecule has 1 fully saturated rings. The van der Waals surface area contributed by atoms with E-state index in [1.807, 2.05) is 11.0 Å². The van der Waals surface area contributed by atoms with Crippen molar-refractivity contribution in [3.05, 3.63) is 57.5 Å². The Morgan fingerprint density at radius 1 is 1.36 bits per heavy atom. The first-order chi connectivity index (χ1) is 12.1.